The lowest BCUT2D eigenvalue weighted by atomic mass is 10.0. The van der Waals surface area contributed by atoms with Gasteiger partial charge in [-0.15, -0.1) is 5.10 Å². The molecule has 5 nitrogen and oxygen atoms in total. The third-order valence-corrected chi connectivity index (χ3v) is 4.63. The molecule has 1 aliphatic heterocycles. The number of hydrogen-bond acceptors (Lipinski definition) is 4. The van der Waals surface area contributed by atoms with E-state index in [1.165, 1.54) is 0 Å². The van der Waals surface area contributed by atoms with Crippen molar-refractivity contribution >= 4 is 18.5 Å². The van der Waals surface area contributed by atoms with Gasteiger partial charge in [-0.05, 0) is 18.2 Å². The van der Waals surface area contributed by atoms with Crippen molar-refractivity contribution in [3.8, 4) is 11.4 Å². The number of aromatic nitrogens is 3. The van der Waals surface area contributed by atoms with Crippen molar-refractivity contribution < 1.29 is 39.9 Å². The summed E-state index contributed by atoms with van der Waals surface area (Å²) in [6, 6.07) is 0.912. The average molecular weight is 460 g/mol. The Balaban J connectivity index is 1.82. The third-order valence-electron chi connectivity index (χ3n) is 4.21. The van der Waals surface area contributed by atoms with Crippen LogP contribution < -0.4 is 0 Å². The normalized spacial score (nSPS) is 17.6. The zero-order chi connectivity index (χ0) is 22.5. The molecule has 2 heterocycles. The predicted octanol–water partition coefficient (Wildman–Crippen LogP) is 4.28. The van der Waals surface area contributed by atoms with Crippen LogP contribution in [0.3, 0.4) is 0 Å². The number of benzene rings is 1. The van der Waals surface area contributed by atoms with Crippen molar-refractivity contribution in [3.63, 3.8) is 0 Å². The molecule has 0 aliphatic carbocycles. The zero-order valence-corrected chi connectivity index (χ0v) is 15.6. The minimum atomic E-state index is -5.03. The van der Waals surface area contributed by atoms with Gasteiger partial charge in [0.25, 0.3) is 5.92 Å². The minimum Gasteiger partial charge on any atom is -0.330 e. The summed E-state index contributed by atoms with van der Waals surface area (Å²) in [5.74, 6) is -4.06. The molecule has 0 saturated carbocycles. The second-order valence-corrected chi connectivity index (χ2v) is 7.23. The van der Waals surface area contributed by atoms with Gasteiger partial charge in [-0.1, -0.05) is 0 Å². The van der Waals surface area contributed by atoms with Crippen LogP contribution in [0.2, 0.25) is 0 Å². The lowest BCUT2D eigenvalue weighted by Crippen LogP contribution is -2.58. The van der Waals surface area contributed by atoms with Crippen molar-refractivity contribution in [2.75, 3.05) is 13.1 Å². The number of amides is 1. The van der Waals surface area contributed by atoms with Gasteiger partial charge in [0.15, 0.2) is 5.82 Å². The Hall–Kier alpha value is -2.38. The number of carbonyl (C=O) groups excluding carboxylic acids is 1. The first-order chi connectivity index (χ1) is 13.7. The molecule has 1 aromatic heterocycles. The number of rotatable bonds is 4. The van der Waals surface area contributed by atoms with Crippen molar-refractivity contribution in [1.82, 2.24) is 19.7 Å². The average Bonchev–Trinajstić information content (AvgIpc) is 3.08. The predicted molar refractivity (Wildman–Crippen MR) is 89.6 cm³/mol. The van der Waals surface area contributed by atoms with Gasteiger partial charge in [-0.3, -0.25) is 4.79 Å². The number of likely N-dealkylation sites (tertiary alicyclic amines) is 1. The van der Waals surface area contributed by atoms with E-state index in [0.717, 1.165) is 15.9 Å². The van der Waals surface area contributed by atoms with E-state index >= 15 is 0 Å². The number of halogens is 8. The molecule has 0 bridgehead atoms. The Bertz CT molecular complexity index is 915. The molecule has 164 valence electrons. The molecule has 1 fully saturated rings. The summed E-state index contributed by atoms with van der Waals surface area (Å²) in [7, 11) is 0. The van der Waals surface area contributed by atoms with E-state index in [1.807, 2.05) is 0 Å². The Kier molecular flexibility index (Phi) is 5.50. The molecular weight excluding hydrogens is 448 g/mol. The number of thiol groups is 1. The second-order valence-electron chi connectivity index (χ2n) is 6.63. The maximum atomic E-state index is 13.0. The number of nitrogens with zero attached hydrogens (tertiary/aromatic N) is 4. The van der Waals surface area contributed by atoms with Gasteiger partial charge in [0.05, 0.1) is 30.6 Å². The van der Waals surface area contributed by atoms with E-state index < -0.39 is 65.2 Å². The number of alkyl halides is 8. The quantitative estimate of drug-likeness (QED) is 0.548. The second kappa shape index (κ2) is 7.39. The summed E-state index contributed by atoms with van der Waals surface area (Å²) >= 11 is 4.08. The molecular formula is C16H12F8N4OS. The Morgan fingerprint density at radius 3 is 2.07 bits per heavy atom. The van der Waals surface area contributed by atoms with E-state index in [1.54, 1.807) is 0 Å². The highest BCUT2D eigenvalue weighted by Crippen LogP contribution is 2.38. The van der Waals surface area contributed by atoms with Crippen LogP contribution in [0.5, 0.6) is 0 Å². The highest BCUT2D eigenvalue weighted by atomic mass is 32.1. The molecule has 0 spiro atoms. The molecule has 2 aromatic rings. The van der Waals surface area contributed by atoms with Crippen molar-refractivity contribution in [1.29, 1.82) is 0 Å². The number of hydrogen-bond donors (Lipinski definition) is 1. The Morgan fingerprint density at radius 1 is 1.07 bits per heavy atom. The van der Waals surface area contributed by atoms with E-state index in [0.29, 0.717) is 12.1 Å². The molecule has 0 unspecified atom stereocenters. The first-order valence-electron chi connectivity index (χ1n) is 8.20. The Labute approximate surface area is 169 Å². The topological polar surface area (TPSA) is 51.0 Å². The van der Waals surface area contributed by atoms with Crippen LogP contribution in [0.25, 0.3) is 11.4 Å². The summed E-state index contributed by atoms with van der Waals surface area (Å²) in [6.45, 7) is -1.47. The molecule has 1 amide bonds. The van der Waals surface area contributed by atoms with Gasteiger partial charge in [-0.25, -0.2) is 18.4 Å². The highest BCUT2D eigenvalue weighted by Gasteiger charge is 2.46. The molecule has 14 heteroatoms. The molecule has 1 atom stereocenters. The molecule has 3 rings (SSSR count). The molecule has 30 heavy (non-hydrogen) atoms. The fourth-order valence-corrected chi connectivity index (χ4v) is 2.97. The van der Waals surface area contributed by atoms with Crippen LogP contribution in [0, 0.1) is 0 Å². The van der Waals surface area contributed by atoms with E-state index in [2.05, 4.69) is 22.7 Å². The molecule has 1 aliphatic rings. The monoisotopic (exact) mass is 460 g/mol. The molecule has 1 aromatic carbocycles. The maximum Gasteiger partial charge on any atom is 0.416 e. The summed E-state index contributed by atoms with van der Waals surface area (Å²) in [5.41, 5.74) is -3.59. The van der Waals surface area contributed by atoms with E-state index in [9.17, 15) is 39.9 Å². The fraction of sp³-hybridized carbons (Fsp3) is 0.438. The molecule has 1 saturated heterocycles. The van der Waals surface area contributed by atoms with Gasteiger partial charge in [0, 0.05) is 5.56 Å². The first kappa shape index (κ1) is 22.3. The smallest absolute Gasteiger partial charge is 0.330 e. The zero-order valence-electron chi connectivity index (χ0n) is 14.7. The number of carbonyl (C=O) groups is 1. The fourth-order valence-electron chi connectivity index (χ4n) is 2.70. The summed E-state index contributed by atoms with van der Waals surface area (Å²) < 4.78 is 104. The van der Waals surface area contributed by atoms with Gasteiger partial charge in [0.1, 0.15) is 11.7 Å². The maximum absolute atomic E-state index is 13.0. The lowest BCUT2D eigenvalue weighted by molar-refractivity contribution is -0.166. The minimum absolute atomic E-state index is 0.0244. The standard InChI is InChI=1S/C16H12F8N4OS/c17-14(18)5-27(6-14)11(29)4-12(30)28-7-25-13(26-28)8-1-9(15(19,20)21)3-10(2-8)16(22,23)24/h1-3,7,12,30H,4-6H2/t12-/m1/s1. The van der Waals surface area contributed by atoms with Gasteiger partial charge < -0.3 is 4.90 Å². The van der Waals surface area contributed by atoms with Crippen LogP contribution in [0.1, 0.15) is 22.9 Å². The van der Waals surface area contributed by atoms with E-state index in [4.69, 9.17) is 0 Å². The van der Waals surface area contributed by atoms with Crippen molar-refractivity contribution in [2.45, 2.75) is 30.1 Å². The van der Waals surface area contributed by atoms with Crippen molar-refractivity contribution in [3.05, 3.63) is 35.7 Å². The van der Waals surface area contributed by atoms with Gasteiger partial charge in [0.2, 0.25) is 5.91 Å². The van der Waals surface area contributed by atoms with Crippen LogP contribution >= 0.6 is 12.6 Å². The highest BCUT2D eigenvalue weighted by molar-refractivity contribution is 7.80. The van der Waals surface area contributed by atoms with Crippen LogP contribution in [-0.4, -0.2) is 44.6 Å². The summed E-state index contributed by atoms with van der Waals surface area (Å²) in [6.07, 6.45) is -9.47. The van der Waals surface area contributed by atoms with Crippen LogP contribution in [0.15, 0.2) is 24.5 Å². The van der Waals surface area contributed by atoms with Crippen LogP contribution in [-0.2, 0) is 17.1 Å². The van der Waals surface area contributed by atoms with Gasteiger partial charge in [-0.2, -0.15) is 39.0 Å². The Morgan fingerprint density at radius 2 is 1.60 bits per heavy atom. The lowest BCUT2D eigenvalue weighted by Gasteiger charge is -2.39. The van der Waals surface area contributed by atoms with Gasteiger partial charge >= 0.3 is 12.4 Å². The first-order valence-corrected chi connectivity index (χ1v) is 8.72. The van der Waals surface area contributed by atoms with E-state index in [-0.39, 0.29) is 12.5 Å². The van der Waals surface area contributed by atoms with Crippen molar-refractivity contribution in [2.24, 2.45) is 0 Å². The summed E-state index contributed by atoms with van der Waals surface area (Å²) in [5, 5.41) is 2.77. The molecule has 0 radical (unpaired) electrons. The summed E-state index contributed by atoms with van der Waals surface area (Å²) in [4.78, 5) is 16.5. The molecule has 0 N–H and O–H groups in total. The SMILES string of the molecule is O=C(C[C@@H](S)n1cnc(-c2cc(C(F)(F)F)cc(C(F)(F)F)c2)n1)N1CC(F)(F)C1. The largest absolute Gasteiger partial charge is 0.416 e. The third kappa shape index (κ3) is 4.84. The van der Waals surface area contributed by atoms with Crippen LogP contribution in [0.4, 0.5) is 35.1 Å².